The van der Waals surface area contributed by atoms with Crippen LogP contribution in [0.1, 0.15) is 6.92 Å². The molecule has 2 rings (SSSR count). The second-order valence-corrected chi connectivity index (χ2v) is 6.10. The molecule has 11 heteroatoms. The summed E-state index contributed by atoms with van der Waals surface area (Å²) in [4.78, 5) is 0. The minimum Gasteiger partial charge on any atom is -0.394 e. The van der Waals surface area contributed by atoms with E-state index in [0.29, 0.717) is 0 Å². The van der Waals surface area contributed by atoms with Crippen molar-refractivity contribution in [3.05, 3.63) is 0 Å². The molecule has 0 spiro atoms. The molecule has 2 heterocycles. The van der Waals surface area contributed by atoms with E-state index in [1.807, 2.05) is 0 Å². The molecule has 0 aromatic carbocycles. The topological polar surface area (TPSA) is 190 Å². The molecule has 2 fully saturated rings. The molecule has 10 atom stereocenters. The van der Waals surface area contributed by atoms with E-state index in [0.717, 1.165) is 0 Å². The second-order valence-electron chi connectivity index (χ2n) is 6.10. The predicted molar refractivity (Wildman–Crippen MR) is 73.2 cm³/mol. The Morgan fingerprint density at radius 1 is 0.792 bits per heavy atom. The number of rotatable bonds is 4. The predicted octanol–water partition coefficient (Wildman–Crippen LogP) is -5.01. The average Bonchev–Trinajstić information content (AvgIpc) is 2.57. The zero-order valence-corrected chi connectivity index (χ0v) is 12.9. The van der Waals surface area contributed by atoms with Crippen molar-refractivity contribution in [3.63, 3.8) is 0 Å². The van der Waals surface area contributed by atoms with Crippen LogP contribution >= 0.6 is 0 Å². The largest absolute Gasteiger partial charge is 0.394 e. The van der Waals surface area contributed by atoms with Crippen molar-refractivity contribution in [2.45, 2.75) is 67.8 Å². The smallest absolute Gasteiger partial charge is 0.197 e. The van der Waals surface area contributed by atoms with Gasteiger partial charge in [0.2, 0.25) is 0 Å². The summed E-state index contributed by atoms with van der Waals surface area (Å²) < 4.78 is 15.8. The fraction of sp³-hybridized carbons (Fsp3) is 1.00. The Kier molecular flexibility index (Phi) is 6.16. The molecular weight excluding hydrogens is 332 g/mol. The van der Waals surface area contributed by atoms with Crippen molar-refractivity contribution in [2.24, 2.45) is 0 Å². The summed E-state index contributed by atoms with van der Waals surface area (Å²) in [5, 5.41) is 77.4. The van der Waals surface area contributed by atoms with Crippen molar-refractivity contribution in [1.29, 1.82) is 0 Å². The maximum Gasteiger partial charge on any atom is 0.197 e. The van der Waals surface area contributed by atoms with Gasteiger partial charge in [0.25, 0.3) is 0 Å². The molecule has 0 radical (unpaired) electrons. The van der Waals surface area contributed by atoms with Gasteiger partial charge in [0.1, 0.15) is 48.8 Å². The molecule has 0 aromatic rings. The van der Waals surface area contributed by atoms with Crippen LogP contribution in [0.25, 0.3) is 0 Å². The highest BCUT2D eigenvalue weighted by Crippen LogP contribution is 2.34. The van der Waals surface area contributed by atoms with E-state index in [2.05, 4.69) is 0 Å². The first-order chi connectivity index (χ1) is 11.2. The summed E-state index contributed by atoms with van der Waals surface area (Å²) in [7, 11) is 0. The third kappa shape index (κ3) is 3.43. The molecule has 0 bridgehead atoms. The van der Waals surface area contributed by atoms with Crippen molar-refractivity contribution < 1.29 is 55.1 Å². The van der Waals surface area contributed by atoms with E-state index in [9.17, 15) is 35.7 Å². The van der Waals surface area contributed by atoms with Crippen LogP contribution in [0.15, 0.2) is 0 Å². The summed E-state index contributed by atoms with van der Waals surface area (Å²) in [6.07, 6.45) is -14.2. The van der Waals surface area contributed by atoms with Gasteiger partial charge in [0, 0.05) is 0 Å². The van der Waals surface area contributed by atoms with E-state index in [-0.39, 0.29) is 0 Å². The van der Waals surface area contributed by atoms with E-state index in [4.69, 9.17) is 19.3 Å². The number of ether oxygens (including phenoxy) is 3. The van der Waals surface area contributed by atoms with Crippen LogP contribution in [0.5, 0.6) is 0 Å². The summed E-state index contributed by atoms with van der Waals surface area (Å²) in [6.45, 7) is -0.180. The molecule has 11 nitrogen and oxygen atoms in total. The second kappa shape index (κ2) is 7.43. The summed E-state index contributed by atoms with van der Waals surface area (Å²) in [5.74, 6) is -2.01. The standard InChI is InChI=1S/C13H24O11/c1-13(11(21)9(19)7(17)5(3-15)23-13)24-12-10(20)8(18)6(16)4(2-14)22-12/h4-12,14-21H,2-3H2,1H3/t4-,5-,6-,7+,8+,9+,10-,11-,12-,13-/m1/s1. The minimum atomic E-state index is -2.01. The fourth-order valence-electron chi connectivity index (χ4n) is 2.79. The third-order valence-electron chi connectivity index (χ3n) is 4.36. The van der Waals surface area contributed by atoms with Crippen molar-refractivity contribution in [1.82, 2.24) is 0 Å². The maximum absolute atomic E-state index is 10.1. The van der Waals surface area contributed by atoms with Crippen LogP contribution in [0.3, 0.4) is 0 Å². The molecule has 142 valence electrons. The van der Waals surface area contributed by atoms with Gasteiger partial charge in [-0.1, -0.05) is 0 Å². The molecule has 0 saturated carbocycles. The van der Waals surface area contributed by atoms with Crippen LogP contribution in [0.4, 0.5) is 0 Å². The molecular formula is C13H24O11. The summed E-state index contributed by atoms with van der Waals surface area (Å²) in [5.41, 5.74) is 0. The Labute approximate surface area is 137 Å². The number of hydrogen-bond acceptors (Lipinski definition) is 11. The molecule has 2 saturated heterocycles. The van der Waals surface area contributed by atoms with E-state index < -0.39 is 74.1 Å². The molecule has 0 amide bonds. The highest BCUT2D eigenvalue weighted by atomic mass is 16.8. The van der Waals surface area contributed by atoms with Gasteiger partial charge in [0.05, 0.1) is 13.2 Å². The van der Waals surface area contributed by atoms with Gasteiger partial charge in [-0.2, -0.15) is 0 Å². The van der Waals surface area contributed by atoms with Gasteiger partial charge in [-0.3, -0.25) is 0 Å². The highest BCUT2D eigenvalue weighted by molar-refractivity contribution is 4.96. The van der Waals surface area contributed by atoms with Crippen molar-refractivity contribution in [3.8, 4) is 0 Å². The van der Waals surface area contributed by atoms with Gasteiger partial charge < -0.3 is 55.1 Å². The monoisotopic (exact) mass is 356 g/mol. The lowest BCUT2D eigenvalue weighted by Gasteiger charge is -2.49. The molecule has 0 aromatic heterocycles. The highest BCUT2D eigenvalue weighted by Gasteiger charge is 2.55. The Bertz CT molecular complexity index is 419. The molecule has 0 aliphatic carbocycles. The first-order valence-corrected chi connectivity index (χ1v) is 7.47. The van der Waals surface area contributed by atoms with E-state index in [1.54, 1.807) is 0 Å². The summed E-state index contributed by atoms with van der Waals surface area (Å²) >= 11 is 0. The molecule has 24 heavy (non-hydrogen) atoms. The molecule has 8 N–H and O–H groups in total. The van der Waals surface area contributed by atoms with E-state index >= 15 is 0 Å². The van der Waals surface area contributed by atoms with Crippen LogP contribution in [-0.4, -0.2) is 115 Å². The average molecular weight is 356 g/mol. The zero-order valence-electron chi connectivity index (χ0n) is 12.9. The number of aliphatic hydroxyl groups excluding tert-OH is 8. The van der Waals surface area contributed by atoms with Crippen LogP contribution in [0.2, 0.25) is 0 Å². The van der Waals surface area contributed by atoms with Crippen LogP contribution in [-0.2, 0) is 14.2 Å². The lowest BCUT2D eigenvalue weighted by atomic mass is 9.93. The SMILES string of the molecule is C[C@]1(O[C@H]2O[C@H](CO)[C@@H](O)[C@H](O)[C@H]2O)O[C@H](CO)[C@H](O)[C@H](O)[C@H]1O. The normalized spacial score (nSPS) is 53.1. The Morgan fingerprint density at radius 3 is 1.88 bits per heavy atom. The minimum absolute atomic E-state index is 0.675. The Morgan fingerprint density at radius 2 is 1.33 bits per heavy atom. The molecule has 2 aliphatic heterocycles. The van der Waals surface area contributed by atoms with Crippen LogP contribution in [0, 0.1) is 0 Å². The van der Waals surface area contributed by atoms with Gasteiger partial charge in [-0.15, -0.1) is 0 Å². The summed E-state index contributed by atoms with van der Waals surface area (Å²) in [6, 6.07) is 0. The fourth-order valence-corrected chi connectivity index (χ4v) is 2.79. The van der Waals surface area contributed by atoms with Crippen LogP contribution < -0.4 is 0 Å². The molecule has 0 unspecified atom stereocenters. The first-order valence-electron chi connectivity index (χ1n) is 7.47. The van der Waals surface area contributed by atoms with Gasteiger partial charge in [-0.25, -0.2) is 0 Å². The lowest BCUT2D eigenvalue weighted by Crippen LogP contribution is -2.68. The Hall–Kier alpha value is -0.440. The lowest BCUT2D eigenvalue weighted by molar-refractivity contribution is -0.416. The third-order valence-corrected chi connectivity index (χ3v) is 4.36. The van der Waals surface area contributed by atoms with Crippen molar-refractivity contribution in [2.75, 3.05) is 13.2 Å². The van der Waals surface area contributed by atoms with Gasteiger partial charge in [0.15, 0.2) is 12.1 Å². The first kappa shape index (κ1) is 19.9. The zero-order chi connectivity index (χ0) is 18.2. The Balaban J connectivity index is 2.18. The quantitative estimate of drug-likeness (QED) is 0.241. The van der Waals surface area contributed by atoms with E-state index in [1.165, 1.54) is 6.92 Å². The van der Waals surface area contributed by atoms with Gasteiger partial charge >= 0.3 is 0 Å². The van der Waals surface area contributed by atoms with Gasteiger partial charge in [-0.05, 0) is 6.92 Å². The number of aliphatic hydroxyl groups is 8. The maximum atomic E-state index is 10.1. The number of hydrogen-bond donors (Lipinski definition) is 8. The molecule has 2 aliphatic rings. The van der Waals surface area contributed by atoms with Crippen molar-refractivity contribution >= 4 is 0 Å².